The molecule has 1 unspecified atom stereocenters. The molecule has 12 heteroatoms. The number of carbonyl (C=O) groups is 1. The van der Waals surface area contributed by atoms with Gasteiger partial charge in [0.05, 0.1) is 5.56 Å². The molecule has 0 bridgehead atoms. The minimum Gasteiger partial charge on any atom is -0.350 e. The van der Waals surface area contributed by atoms with E-state index in [0.29, 0.717) is 37.2 Å². The van der Waals surface area contributed by atoms with Gasteiger partial charge in [-0.05, 0) is 13.0 Å². The van der Waals surface area contributed by atoms with Gasteiger partial charge in [0.1, 0.15) is 6.04 Å². The lowest BCUT2D eigenvalue weighted by atomic mass is 10.1. The van der Waals surface area contributed by atoms with E-state index in [1.54, 1.807) is 13.0 Å². The van der Waals surface area contributed by atoms with Gasteiger partial charge in [0.25, 0.3) is 5.91 Å². The van der Waals surface area contributed by atoms with Crippen molar-refractivity contribution in [1.29, 1.82) is 0 Å². The molecule has 0 aliphatic carbocycles. The van der Waals surface area contributed by atoms with E-state index in [4.69, 9.17) is 0 Å². The molecule has 3 heterocycles. The number of hydrogen-bond donors (Lipinski definition) is 3. The van der Waals surface area contributed by atoms with E-state index >= 15 is 0 Å². The topological polar surface area (TPSA) is 85.9 Å². The highest BCUT2D eigenvalue weighted by molar-refractivity contribution is 5.97. The summed E-state index contributed by atoms with van der Waals surface area (Å²) in [5.74, 6) is -0.584. The Kier molecular flexibility index (Phi) is 8.27. The lowest BCUT2D eigenvalue weighted by Gasteiger charge is -2.35. The first-order chi connectivity index (χ1) is 11.9. The van der Waals surface area contributed by atoms with Crippen LogP contribution in [0.25, 0.3) is 11.0 Å². The second kappa shape index (κ2) is 9.54. The molecular weight excluding hydrogens is 408 g/mol. The third kappa shape index (κ3) is 5.44. The van der Waals surface area contributed by atoms with Gasteiger partial charge in [0, 0.05) is 50.0 Å². The first kappa shape index (κ1) is 23.4. The predicted octanol–water partition coefficient (Wildman–Crippen LogP) is 1.68. The van der Waals surface area contributed by atoms with Gasteiger partial charge in [0.2, 0.25) is 0 Å². The van der Waals surface area contributed by atoms with Crippen molar-refractivity contribution in [3.05, 3.63) is 23.5 Å². The Labute approximate surface area is 166 Å². The molecular formula is C15H21Cl2F3N6O. The fourth-order valence-electron chi connectivity index (χ4n) is 2.88. The lowest BCUT2D eigenvalue weighted by Crippen LogP contribution is -2.57. The second-order valence-corrected chi connectivity index (χ2v) is 6.00. The molecule has 1 atom stereocenters. The van der Waals surface area contributed by atoms with E-state index in [9.17, 15) is 18.0 Å². The summed E-state index contributed by atoms with van der Waals surface area (Å²) in [6.45, 7) is 2.87. The van der Waals surface area contributed by atoms with Crippen LogP contribution in [-0.2, 0) is 0 Å². The van der Waals surface area contributed by atoms with E-state index in [-0.39, 0.29) is 30.4 Å². The maximum atomic E-state index is 13.3. The van der Waals surface area contributed by atoms with Crippen LogP contribution in [0.1, 0.15) is 16.1 Å². The van der Waals surface area contributed by atoms with Crippen LogP contribution in [0.3, 0.4) is 0 Å². The predicted molar refractivity (Wildman–Crippen MR) is 99.7 cm³/mol. The van der Waals surface area contributed by atoms with Gasteiger partial charge in [-0.2, -0.15) is 18.3 Å². The monoisotopic (exact) mass is 428 g/mol. The number of H-pyrrole nitrogens is 1. The first-order valence-corrected chi connectivity index (χ1v) is 7.96. The number of aromatic amines is 1. The molecule has 3 N–H and O–H groups in total. The molecule has 0 saturated carbocycles. The SMILES string of the molecule is Cc1[nH]nc2ncc(C(=O)NCC(N3CCNCC3)C(F)(F)F)cc12.Cl.Cl. The fraction of sp³-hybridized carbons (Fsp3) is 0.533. The average molecular weight is 429 g/mol. The molecule has 1 aliphatic heterocycles. The number of rotatable bonds is 4. The van der Waals surface area contributed by atoms with Crippen molar-refractivity contribution in [3.8, 4) is 0 Å². The Morgan fingerprint density at radius 3 is 2.63 bits per heavy atom. The molecule has 2 aromatic rings. The van der Waals surface area contributed by atoms with Crippen LogP contribution in [0.15, 0.2) is 12.3 Å². The van der Waals surface area contributed by atoms with E-state index in [1.165, 1.54) is 11.1 Å². The third-order valence-electron chi connectivity index (χ3n) is 4.29. The number of nitrogens with one attached hydrogen (secondary N) is 3. The van der Waals surface area contributed by atoms with Crippen molar-refractivity contribution in [1.82, 2.24) is 30.7 Å². The number of piperazine rings is 1. The molecule has 1 saturated heterocycles. The summed E-state index contributed by atoms with van der Waals surface area (Å²) in [5, 5.41) is 12.8. The second-order valence-electron chi connectivity index (χ2n) is 6.00. The number of fused-ring (bicyclic) bond motifs is 1. The van der Waals surface area contributed by atoms with Gasteiger partial charge >= 0.3 is 6.18 Å². The Bertz CT molecular complexity index is 764. The highest BCUT2D eigenvalue weighted by Gasteiger charge is 2.43. The Morgan fingerprint density at radius 1 is 1.33 bits per heavy atom. The molecule has 0 spiro atoms. The molecule has 1 fully saturated rings. The van der Waals surface area contributed by atoms with E-state index in [2.05, 4.69) is 25.8 Å². The fourth-order valence-corrected chi connectivity index (χ4v) is 2.88. The van der Waals surface area contributed by atoms with Crippen LogP contribution in [0.4, 0.5) is 13.2 Å². The normalized spacial score (nSPS) is 16.3. The van der Waals surface area contributed by atoms with Crippen molar-refractivity contribution in [3.63, 3.8) is 0 Å². The largest absolute Gasteiger partial charge is 0.405 e. The zero-order valence-electron chi connectivity index (χ0n) is 14.5. The van der Waals surface area contributed by atoms with Crippen LogP contribution in [0.5, 0.6) is 0 Å². The van der Waals surface area contributed by atoms with E-state index in [1.807, 2.05) is 0 Å². The number of hydrogen-bond acceptors (Lipinski definition) is 5. The summed E-state index contributed by atoms with van der Waals surface area (Å²) in [6.07, 6.45) is -3.10. The zero-order valence-corrected chi connectivity index (χ0v) is 16.1. The van der Waals surface area contributed by atoms with Crippen LogP contribution < -0.4 is 10.6 Å². The smallest absolute Gasteiger partial charge is 0.350 e. The van der Waals surface area contributed by atoms with Crippen molar-refractivity contribution in [2.24, 2.45) is 0 Å². The number of pyridine rings is 1. The first-order valence-electron chi connectivity index (χ1n) is 7.96. The van der Waals surface area contributed by atoms with Crippen LogP contribution in [-0.4, -0.2) is 70.9 Å². The van der Waals surface area contributed by atoms with Crippen molar-refractivity contribution >= 4 is 41.8 Å². The molecule has 7 nitrogen and oxygen atoms in total. The van der Waals surface area contributed by atoms with Crippen molar-refractivity contribution < 1.29 is 18.0 Å². The number of nitrogens with zero attached hydrogens (tertiary/aromatic N) is 3. The standard InChI is InChI=1S/C15H19F3N6O.2ClH/c1-9-11-6-10(7-20-13(11)23-22-9)14(25)21-8-12(15(16,17)18)24-4-2-19-3-5-24;;/h6-7,12,19H,2-5,8H2,1H3,(H,21,25)(H,20,22,23);2*1H. The van der Waals surface area contributed by atoms with Crippen LogP contribution in [0, 0.1) is 6.92 Å². The van der Waals surface area contributed by atoms with Crippen molar-refractivity contribution in [2.75, 3.05) is 32.7 Å². The summed E-state index contributed by atoms with van der Waals surface area (Å²) < 4.78 is 40.0. The number of halogens is 5. The van der Waals surface area contributed by atoms with Crippen LogP contribution >= 0.6 is 24.8 Å². The van der Waals surface area contributed by atoms with Gasteiger partial charge in [0.15, 0.2) is 5.65 Å². The quantitative estimate of drug-likeness (QED) is 0.689. The molecule has 1 aliphatic rings. The molecule has 27 heavy (non-hydrogen) atoms. The number of amides is 1. The molecule has 0 aromatic carbocycles. The van der Waals surface area contributed by atoms with E-state index in [0.717, 1.165) is 5.69 Å². The highest BCUT2D eigenvalue weighted by atomic mass is 35.5. The molecule has 0 radical (unpaired) electrons. The van der Waals surface area contributed by atoms with Gasteiger partial charge in [-0.15, -0.1) is 24.8 Å². The molecule has 1 amide bonds. The maximum Gasteiger partial charge on any atom is 0.405 e. The zero-order chi connectivity index (χ0) is 18.0. The average Bonchev–Trinajstić information content (AvgIpc) is 2.95. The van der Waals surface area contributed by atoms with E-state index < -0.39 is 24.7 Å². The minimum absolute atomic E-state index is 0. The maximum absolute atomic E-state index is 13.3. The Morgan fingerprint density at radius 2 is 2.00 bits per heavy atom. The Hall–Kier alpha value is -1.62. The van der Waals surface area contributed by atoms with Gasteiger partial charge < -0.3 is 10.6 Å². The summed E-state index contributed by atoms with van der Waals surface area (Å²) in [5.41, 5.74) is 1.41. The number of carbonyl (C=O) groups excluding carboxylic acids is 1. The summed E-state index contributed by atoms with van der Waals surface area (Å²) >= 11 is 0. The van der Waals surface area contributed by atoms with Gasteiger partial charge in [-0.3, -0.25) is 14.8 Å². The number of aryl methyl sites for hydroxylation is 1. The summed E-state index contributed by atoms with van der Waals surface area (Å²) in [4.78, 5) is 17.6. The molecule has 3 rings (SSSR count). The van der Waals surface area contributed by atoms with Crippen molar-refractivity contribution in [2.45, 2.75) is 19.1 Å². The number of alkyl halides is 3. The number of aromatic nitrogens is 3. The summed E-state index contributed by atoms with van der Waals surface area (Å²) in [7, 11) is 0. The minimum atomic E-state index is -4.41. The van der Waals surface area contributed by atoms with Gasteiger partial charge in [-0.25, -0.2) is 4.98 Å². The van der Waals surface area contributed by atoms with Gasteiger partial charge in [-0.1, -0.05) is 0 Å². The highest BCUT2D eigenvalue weighted by Crippen LogP contribution is 2.25. The molecule has 2 aromatic heterocycles. The van der Waals surface area contributed by atoms with Crippen LogP contribution in [0.2, 0.25) is 0 Å². The summed E-state index contributed by atoms with van der Waals surface area (Å²) in [6, 6.07) is -0.130. The Balaban J connectivity index is 0.00000182. The molecule has 152 valence electrons. The third-order valence-corrected chi connectivity index (χ3v) is 4.29. The lowest BCUT2D eigenvalue weighted by molar-refractivity contribution is -0.183.